The molecule has 108 valence electrons. The predicted octanol–water partition coefficient (Wildman–Crippen LogP) is 2.54. The molecule has 5 nitrogen and oxygen atoms in total. The highest BCUT2D eigenvalue weighted by Crippen LogP contribution is 2.34. The highest BCUT2D eigenvalue weighted by molar-refractivity contribution is 6.39. The molecule has 0 unspecified atom stereocenters. The summed E-state index contributed by atoms with van der Waals surface area (Å²) in [7, 11) is 0. The second-order valence-electron chi connectivity index (χ2n) is 4.27. The Labute approximate surface area is 126 Å². The Balaban J connectivity index is 2.83. The zero-order chi connectivity index (χ0) is 14.9. The number of nitrogens with one attached hydrogen (secondary N) is 1. The SMILES string of the molecule is CCNCc1nc2c(O)c(Cl)cc(Cl)c2c(=O)n1CC. The monoisotopic (exact) mass is 315 g/mol. The van der Waals surface area contributed by atoms with Crippen LogP contribution < -0.4 is 10.9 Å². The molecule has 0 saturated heterocycles. The number of phenolic OH excluding ortho intramolecular Hbond substituents is 1. The van der Waals surface area contributed by atoms with Crippen LogP contribution in [0.5, 0.6) is 5.75 Å². The van der Waals surface area contributed by atoms with E-state index >= 15 is 0 Å². The molecule has 1 heterocycles. The molecule has 0 aliphatic carbocycles. The number of rotatable bonds is 4. The number of nitrogens with zero attached hydrogens (tertiary/aromatic N) is 2. The lowest BCUT2D eigenvalue weighted by Gasteiger charge is -2.13. The Morgan fingerprint density at radius 2 is 2.05 bits per heavy atom. The third kappa shape index (κ3) is 2.49. The van der Waals surface area contributed by atoms with Gasteiger partial charge in [0.05, 0.1) is 22.0 Å². The van der Waals surface area contributed by atoms with Crippen LogP contribution in [0.1, 0.15) is 19.7 Å². The fourth-order valence-electron chi connectivity index (χ4n) is 2.05. The van der Waals surface area contributed by atoms with Gasteiger partial charge >= 0.3 is 0 Å². The second-order valence-corrected chi connectivity index (χ2v) is 5.08. The normalized spacial score (nSPS) is 11.2. The number of hydrogen-bond acceptors (Lipinski definition) is 4. The Kier molecular flexibility index (Phi) is 4.52. The van der Waals surface area contributed by atoms with E-state index in [4.69, 9.17) is 23.2 Å². The molecular weight excluding hydrogens is 301 g/mol. The zero-order valence-corrected chi connectivity index (χ0v) is 12.7. The molecule has 0 radical (unpaired) electrons. The Morgan fingerprint density at radius 3 is 2.65 bits per heavy atom. The molecule has 0 saturated carbocycles. The summed E-state index contributed by atoms with van der Waals surface area (Å²) in [5.74, 6) is 0.324. The van der Waals surface area contributed by atoms with E-state index in [0.29, 0.717) is 18.9 Å². The van der Waals surface area contributed by atoms with Crippen molar-refractivity contribution >= 4 is 34.1 Å². The van der Waals surface area contributed by atoms with E-state index in [2.05, 4.69) is 10.3 Å². The molecule has 20 heavy (non-hydrogen) atoms. The Bertz CT molecular complexity index is 713. The van der Waals surface area contributed by atoms with Gasteiger partial charge in [0.15, 0.2) is 5.75 Å². The van der Waals surface area contributed by atoms with Crippen LogP contribution in [-0.2, 0) is 13.1 Å². The first-order valence-corrected chi connectivity index (χ1v) is 7.07. The number of fused-ring (bicyclic) bond motifs is 1. The smallest absolute Gasteiger partial charge is 0.263 e. The van der Waals surface area contributed by atoms with Crippen molar-refractivity contribution in [3.05, 3.63) is 32.3 Å². The van der Waals surface area contributed by atoms with Gasteiger partial charge in [-0.1, -0.05) is 30.1 Å². The molecule has 2 N–H and O–H groups in total. The highest BCUT2D eigenvalue weighted by atomic mass is 35.5. The summed E-state index contributed by atoms with van der Waals surface area (Å²) in [6.07, 6.45) is 0. The van der Waals surface area contributed by atoms with Crippen LogP contribution in [-0.4, -0.2) is 21.2 Å². The van der Waals surface area contributed by atoms with Crippen molar-refractivity contribution in [2.75, 3.05) is 6.54 Å². The number of phenols is 1. The summed E-state index contributed by atoms with van der Waals surface area (Å²) < 4.78 is 1.53. The van der Waals surface area contributed by atoms with E-state index in [1.807, 2.05) is 13.8 Å². The lowest BCUT2D eigenvalue weighted by atomic mass is 10.2. The third-order valence-corrected chi connectivity index (χ3v) is 3.63. The van der Waals surface area contributed by atoms with Crippen LogP contribution in [0, 0.1) is 0 Å². The van der Waals surface area contributed by atoms with Gasteiger partial charge in [0, 0.05) is 6.54 Å². The fraction of sp³-hybridized carbons (Fsp3) is 0.385. The van der Waals surface area contributed by atoms with Crippen molar-refractivity contribution in [2.24, 2.45) is 0 Å². The van der Waals surface area contributed by atoms with E-state index in [1.165, 1.54) is 10.6 Å². The average Bonchev–Trinajstić information content (AvgIpc) is 2.41. The van der Waals surface area contributed by atoms with Crippen LogP contribution in [0.3, 0.4) is 0 Å². The summed E-state index contributed by atoms with van der Waals surface area (Å²) in [6.45, 7) is 5.47. The maximum Gasteiger partial charge on any atom is 0.263 e. The van der Waals surface area contributed by atoms with Crippen molar-refractivity contribution in [2.45, 2.75) is 26.9 Å². The first kappa shape index (κ1) is 15.1. The molecule has 1 aromatic heterocycles. The summed E-state index contributed by atoms with van der Waals surface area (Å²) >= 11 is 11.9. The summed E-state index contributed by atoms with van der Waals surface area (Å²) in [5, 5.41) is 13.6. The molecule has 7 heteroatoms. The van der Waals surface area contributed by atoms with Gasteiger partial charge < -0.3 is 10.4 Å². The van der Waals surface area contributed by atoms with Gasteiger partial charge in [0.25, 0.3) is 5.56 Å². The zero-order valence-electron chi connectivity index (χ0n) is 11.2. The van der Waals surface area contributed by atoms with Crippen LogP contribution >= 0.6 is 23.2 Å². The van der Waals surface area contributed by atoms with E-state index in [9.17, 15) is 9.90 Å². The lowest BCUT2D eigenvalue weighted by Crippen LogP contribution is -2.28. The Morgan fingerprint density at radius 1 is 1.35 bits per heavy atom. The molecule has 2 rings (SSSR count). The van der Waals surface area contributed by atoms with Crippen LogP contribution in [0.2, 0.25) is 10.0 Å². The standard InChI is InChI=1S/C13H15Cl2N3O2/c1-3-16-6-9-17-11-10(13(20)18(9)4-2)7(14)5-8(15)12(11)19/h5,16,19H,3-4,6H2,1-2H3. The second kappa shape index (κ2) is 5.99. The van der Waals surface area contributed by atoms with Gasteiger partial charge in [-0.3, -0.25) is 9.36 Å². The minimum atomic E-state index is -0.276. The molecule has 0 spiro atoms. The van der Waals surface area contributed by atoms with E-state index in [1.54, 1.807) is 0 Å². The van der Waals surface area contributed by atoms with Crippen molar-refractivity contribution < 1.29 is 5.11 Å². The van der Waals surface area contributed by atoms with Crippen molar-refractivity contribution in [3.63, 3.8) is 0 Å². The molecule has 0 bridgehead atoms. The first-order chi connectivity index (χ1) is 9.51. The predicted molar refractivity (Wildman–Crippen MR) is 80.7 cm³/mol. The van der Waals surface area contributed by atoms with Crippen molar-refractivity contribution in [3.8, 4) is 5.75 Å². The molecule has 0 aliphatic heterocycles. The Hall–Kier alpha value is -1.30. The van der Waals surface area contributed by atoms with Gasteiger partial charge in [-0.15, -0.1) is 0 Å². The minimum Gasteiger partial charge on any atom is -0.504 e. The summed E-state index contributed by atoms with van der Waals surface area (Å²) in [6, 6.07) is 1.35. The molecule has 2 aromatic rings. The van der Waals surface area contributed by atoms with E-state index in [0.717, 1.165) is 6.54 Å². The molecule has 0 aliphatic rings. The van der Waals surface area contributed by atoms with Gasteiger partial charge in [0.1, 0.15) is 11.3 Å². The summed E-state index contributed by atoms with van der Waals surface area (Å²) in [4.78, 5) is 16.8. The van der Waals surface area contributed by atoms with Gasteiger partial charge in [-0.05, 0) is 19.5 Å². The number of hydrogen-bond donors (Lipinski definition) is 2. The van der Waals surface area contributed by atoms with Crippen LogP contribution in [0.4, 0.5) is 0 Å². The molecule has 0 amide bonds. The largest absolute Gasteiger partial charge is 0.504 e. The van der Waals surface area contributed by atoms with Crippen molar-refractivity contribution in [1.82, 2.24) is 14.9 Å². The number of aromatic nitrogens is 2. The van der Waals surface area contributed by atoms with Crippen molar-refractivity contribution in [1.29, 1.82) is 0 Å². The molecule has 0 atom stereocenters. The van der Waals surface area contributed by atoms with E-state index in [-0.39, 0.29) is 32.3 Å². The average molecular weight is 316 g/mol. The molecule has 1 aromatic carbocycles. The van der Waals surface area contributed by atoms with Gasteiger partial charge in [-0.2, -0.15) is 0 Å². The summed E-state index contributed by atoms with van der Waals surface area (Å²) in [5.41, 5.74) is -0.132. The lowest BCUT2D eigenvalue weighted by molar-refractivity contribution is 0.479. The van der Waals surface area contributed by atoms with Gasteiger partial charge in [0.2, 0.25) is 0 Å². The highest BCUT2D eigenvalue weighted by Gasteiger charge is 2.17. The van der Waals surface area contributed by atoms with E-state index < -0.39 is 0 Å². The minimum absolute atomic E-state index is 0.0815. The maximum atomic E-state index is 12.5. The molecule has 0 fully saturated rings. The fourth-order valence-corrected chi connectivity index (χ4v) is 2.58. The number of aromatic hydroxyl groups is 1. The van der Waals surface area contributed by atoms with Crippen LogP contribution in [0.25, 0.3) is 10.9 Å². The maximum absolute atomic E-state index is 12.5. The number of halogens is 2. The third-order valence-electron chi connectivity index (χ3n) is 3.04. The topological polar surface area (TPSA) is 67.2 Å². The van der Waals surface area contributed by atoms with Crippen LogP contribution in [0.15, 0.2) is 10.9 Å². The first-order valence-electron chi connectivity index (χ1n) is 6.32. The van der Waals surface area contributed by atoms with Gasteiger partial charge in [-0.25, -0.2) is 4.98 Å². The quantitative estimate of drug-likeness (QED) is 0.910. The molecular formula is C13H15Cl2N3O2. The number of benzene rings is 1.